The third-order valence-corrected chi connectivity index (χ3v) is 3.27. The first-order valence-electron chi connectivity index (χ1n) is 6.89. The Bertz CT molecular complexity index is 492. The molecule has 21 heavy (non-hydrogen) atoms. The van der Waals surface area contributed by atoms with E-state index in [1.165, 1.54) is 0 Å². The summed E-state index contributed by atoms with van der Waals surface area (Å²) in [6, 6.07) is 6.54. The van der Waals surface area contributed by atoms with Crippen molar-refractivity contribution < 1.29 is 14.7 Å². The SMILES string of the molecule is CC(C)CC(CNC(=O)Nc1ccccc1Cl)CC(=O)O. The van der Waals surface area contributed by atoms with Crippen molar-refractivity contribution >= 4 is 29.3 Å². The number of halogens is 1. The summed E-state index contributed by atoms with van der Waals surface area (Å²) in [5.41, 5.74) is 0.523. The predicted octanol–water partition coefficient (Wildman–Crippen LogP) is 3.60. The van der Waals surface area contributed by atoms with Gasteiger partial charge in [0.05, 0.1) is 10.7 Å². The van der Waals surface area contributed by atoms with E-state index < -0.39 is 5.97 Å². The lowest BCUT2D eigenvalue weighted by atomic mass is 9.94. The van der Waals surface area contributed by atoms with Crippen LogP contribution in [-0.2, 0) is 4.79 Å². The molecule has 5 nitrogen and oxygen atoms in total. The van der Waals surface area contributed by atoms with Gasteiger partial charge in [0.25, 0.3) is 0 Å². The van der Waals surface area contributed by atoms with Gasteiger partial charge < -0.3 is 15.7 Å². The molecule has 0 radical (unpaired) electrons. The van der Waals surface area contributed by atoms with Crippen molar-refractivity contribution in [2.24, 2.45) is 11.8 Å². The second-order valence-corrected chi connectivity index (χ2v) is 5.82. The van der Waals surface area contributed by atoms with Crippen molar-refractivity contribution in [2.75, 3.05) is 11.9 Å². The van der Waals surface area contributed by atoms with Crippen LogP contribution in [0.25, 0.3) is 0 Å². The fourth-order valence-electron chi connectivity index (χ4n) is 2.12. The lowest BCUT2D eigenvalue weighted by Crippen LogP contribution is -2.34. The number of para-hydroxylation sites is 1. The van der Waals surface area contributed by atoms with Crippen LogP contribution in [0.4, 0.5) is 10.5 Å². The second-order valence-electron chi connectivity index (χ2n) is 5.41. The highest BCUT2D eigenvalue weighted by Crippen LogP contribution is 2.20. The molecule has 0 aliphatic heterocycles. The highest BCUT2D eigenvalue weighted by Gasteiger charge is 2.16. The van der Waals surface area contributed by atoms with E-state index in [0.29, 0.717) is 23.2 Å². The van der Waals surface area contributed by atoms with Gasteiger partial charge in [0.1, 0.15) is 0 Å². The lowest BCUT2D eigenvalue weighted by molar-refractivity contribution is -0.138. The summed E-state index contributed by atoms with van der Waals surface area (Å²) in [6.45, 7) is 4.37. The molecule has 0 aromatic heterocycles. The van der Waals surface area contributed by atoms with Crippen molar-refractivity contribution in [1.82, 2.24) is 5.32 Å². The highest BCUT2D eigenvalue weighted by atomic mass is 35.5. The molecular weight excluding hydrogens is 292 g/mol. The average molecular weight is 313 g/mol. The highest BCUT2D eigenvalue weighted by molar-refractivity contribution is 6.33. The van der Waals surface area contributed by atoms with Gasteiger partial charge in [-0.1, -0.05) is 37.6 Å². The maximum Gasteiger partial charge on any atom is 0.319 e. The molecule has 0 saturated carbocycles. The summed E-state index contributed by atoms with van der Waals surface area (Å²) in [4.78, 5) is 22.6. The van der Waals surface area contributed by atoms with E-state index in [9.17, 15) is 9.59 Å². The van der Waals surface area contributed by atoms with Crippen molar-refractivity contribution in [2.45, 2.75) is 26.7 Å². The molecule has 0 saturated heterocycles. The first-order chi connectivity index (χ1) is 9.88. The summed E-state index contributed by atoms with van der Waals surface area (Å²) in [7, 11) is 0. The van der Waals surface area contributed by atoms with E-state index >= 15 is 0 Å². The minimum absolute atomic E-state index is 0.0462. The third kappa shape index (κ3) is 6.99. The number of amides is 2. The number of nitrogens with one attached hydrogen (secondary N) is 2. The number of benzene rings is 1. The molecule has 1 aromatic rings. The van der Waals surface area contributed by atoms with Crippen LogP contribution >= 0.6 is 11.6 Å². The molecule has 2 amide bonds. The monoisotopic (exact) mass is 312 g/mol. The van der Waals surface area contributed by atoms with Gasteiger partial charge in [-0.3, -0.25) is 4.79 Å². The number of hydrogen-bond donors (Lipinski definition) is 3. The number of hydrogen-bond acceptors (Lipinski definition) is 2. The molecule has 0 heterocycles. The molecule has 1 rings (SSSR count). The van der Waals surface area contributed by atoms with Crippen LogP contribution in [0.2, 0.25) is 5.02 Å². The van der Waals surface area contributed by atoms with Crippen LogP contribution in [0.15, 0.2) is 24.3 Å². The first kappa shape index (κ1) is 17.3. The van der Waals surface area contributed by atoms with Gasteiger partial charge in [-0.25, -0.2) is 4.79 Å². The molecule has 0 aliphatic rings. The number of carboxylic acids is 1. The van der Waals surface area contributed by atoms with Crippen LogP contribution in [0.5, 0.6) is 0 Å². The number of carbonyl (C=O) groups is 2. The van der Waals surface area contributed by atoms with Crippen LogP contribution in [-0.4, -0.2) is 23.7 Å². The van der Waals surface area contributed by atoms with Gasteiger partial charge in [0, 0.05) is 13.0 Å². The van der Waals surface area contributed by atoms with Gasteiger partial charge in [-0.2, -0.15) is 0 Å². The van der Waals surface area contributed by atoms with Crippen LogP contribution < -0.4 is 10.6 Å². The minimum Gasteiger partial charge on any atom is -0.481 e. The topological polar surface area (TPSA) is 78.4 Å². The average Bonchev–Trinajstić information content (AvgIpc) is 2.37. The molecule has 1 atom stereocenters. The van der Waals surface area contributed by atoms with Crippen molar-refractivity contribution in [1.29, 1.82) is 0 Å². The van der Waals surface area contributed by atoms with Gasteiger partial charge in [-0.05, 0) is 30.4 Å². The summed E-state index contributed by atoms with van der Waals surface area (Å²) < 4.78 is 0. The van der Waals surface area contributed by atoms with Crippen molar-refractivity contribution in [3.05, 3.63) is 29.3 Å². The maximum absolute atomic E-state index is 11.8. The Labute approximate surface area is 129 Å². The maximum atomic E-state index is 11.8. The van der Waals surface area contributed by atoms with E-state index in [-0.39, 0.29) is 18.4 Å². The van der Waals surface area contributed by atoms with E-state index in [0.717, 1.165) is 6.42 Å². The molecule has 0 bridgehead atoms. The molecule has 116 valence electrons. The molecule has 3 N–H and O–H groups in total. The molecule has 6 heteroatoms. The molecule has 0 fully saturated rings. The molecule has 0 spiro atoms. The zero-order chi connectivity index (χ0) is 15.8. The molecular formula is C15H21ClN2O3. The Kier molecular flexibility index (Phi) is 7.02. The predicted molar refractivity (Wildman–Crippen MR) is 83.7 cm³/mol. The van der Waals surface area contributed by atoms with Crippen molar-refractivity contribution in [3.8, 4) is 0 Å². The molecule has 1 aromatic carbocycles. The summed E-state index contributed by atoms with van der Waals surface area (Å²) in [5.74, 6) is -0.559. The Morgan fingerprint density at radius 1 is 1.29 bits per heavy atom. The van der Waals surface area contributed by atoms with Gasteiger partial charge in [-0.15, -0.1) is 0 Å². The van der Waals surface area contributed by atoms with E-state index in [4.69, 9.17) is 16.7 Å². The Morgan fingerprint density at radius 3 is 2.52 bits per heavy atom. The van der Waals surface area contributed by atoms with Crippen LogP contribution in [0, 0.1) is 11.8 Å². The summed E-state index contributed by atoms with van der Waals surface area (Å²) >= 11 is 5.95. The number of urea groups is 1. The largest absolute Gasteiger partial charge is 0.481 e. The molecule has 0 aliphatic carbocycles. The van der Waals surface area contributed by atoms with Gasteiger partial charge in [0.2, 0.25) is 0 Å². The Hall–Kier alpha value is -1.75. The normalized spacial score (nSPS) is 12.0. The third-order valence-electron chi connectivity index (χ3n) is 2.94. The standard InChI is InChI=1S/C15H21ClN2O3/c1-10(2)7-11(8-14(19)20)9-17-15(21)18-13-6-4-3-5-12(13)16/h3-6,10-11H,7-9H2,1-2H3,(H,19,20)(H2,17,18,21). The Balaban J connectivity index is 2.49. The van der Waals surface area contributed by atoms with E-state index in [1.807, 2.05) is 13.8 Å². The second kappa shape index (κ2) is 8.52. The zero-order valence-electron chi connectivity index (χ0n) is 12.2. The summed E-state index contributed by atoms with van der Waals surface area (Å²) in [5, 5.41) is 14.7. The first-order valence-corrected chi connectivity index (χ1v) is 7.27. The van der Waals surface area contributed by atoms with Crippen LogP contribution in [0.3, 0.4) is 0 Å². The lowest BCUT2D eigenvalue weighted by Gasteiger charge is -2.18. The fourth-order valence-corrected chi connectivity index (χ4v) is 2.30. The number of carbonyl (C=O) groups excluding carboxylic acids is 1. The van der Waals surface area contributed by atoms with Crippen molar-refractivity contribution in [3.63, 3.8) is 0 Å². The van der Waals surface area contributed by atoms with E-state index in [1.54, 1.807) is 24.3 Å². The smallest absolute Gasteiger partial charge is 0.319 e. The van der Waals surface area contributed by atoms with Gasteiger partial charge >= 0.3 is 12.0 Å². The number of anilines is 1. The fraction of sp³-hybridized carbons (Fsp3) is 0.467. The minimum atomic E-state index is -0.853. The van der Waals surface area contributed by atoms with E-state index in [2.05, 4.69) is 10.6 Å². The van der Waals surface area contributed by atoms with Crippen LogP contribution in [0.1, 0.15) is 26.7 Å². The Morgan fingerprint density at radius 2 is 1.95 bits per heavy atom. The number of carboxylic acid groups (broad SMARTS) is 1. The van der Waals surface area contributed by atoms with Gasteiger partial charge in [0.15, 0.2) is 0 Å². The number of aliphatic carboxylic acids is 1. The quantitative estimate of drug-likeness (QED) is 0.719. The summed E-state index contributed by atoms with van der Waals surface area (Å²) in [6.07, 6.45) is 0.795. The number of rotatable bonds is 7. The molecule has 1 unspecified atom stereocenters. The zero-order valence-corrected chi connectivity index (χ0v) is 13.0.